The first-order valence-electron chi connectivity index (χ1n) is 8.48. The van der Waals surface area contributed by atoms with Crippen molar-refractivity contribution >= 4 is 8.25 Å². The third kappa shape index (κ3) is 9.15. The molecule has 0 radical (unpaired) electrons. The maximum Gasteiger partial charge on any atom is 0.316 e. The molecule has 0 fully saturated rings. The summed E-state index contributed by atoms with van der Waals surface area (Å²) in [5.41, 5.74) is 0. The van der Waals surface area contributed by atoms with Gasteiger partial charge in [0.1, 0.15) is 0 Å². The number of rotatable bonds is 13. The molecule has 0 saturated carbocycles. The molecule has 0 saturated heterocycles. The quantitative estimate of drug-likeness (QED) is 0.452. The predicted molar refractivity (Wildman–Crippen MR) is 87.3 cm³/mol. The van der Waals surface area contributed by atoms with Gasteiger partial charge in [0.2, 0.25) is 0 Å². The molecule has 3 nitrogen and oxygen atoms in total. The van der Waals surface area contributed by atoms with Gasteiger partial charge >= 0.3 is 8.25 Å². The lowest BCUT2D eigenvalue weighted by molar-refractivity contribution is 0.0893. The van der Waals surface area contributed by atoms with Crippen LogP contribution in [0.3, 0.4) is 0 Å². The first kappa shape index (κ1) is 20.1. The van der Waals surface area contributed by atoms with Crippen LogP contribution in [-0.4, -0.2) is 11.0 Å². The molecule has 0 rings (SSSR count). The SMILES string of the molecule is CCCCC(CC)CC(O[PH](=O)O)C(CC)CCCC. The Kier molecular flexibility index (Phi) is 13.0. The molecule has 0 aromatic carbocycles. The fourth-order valence-electron chi connectivity index (χ4n) is 2.90. The highest BCUT2D eigenvalue weighted by Gasteiger charge is 2.25. The summed E-state index contributed by atoms with van der Waals surface area (Å²) in [4.78, 5) is 9.18. The van der Waals surface area contributed by atoms with Gasteiger partial charge < -0.3 is 9.42 Å². The summed E-state index contributed by atoms with van der Waals surface area (Å²) >= 11 is 0. The first-order valence-corrected chi connectivity index (χ1v) is 9.74. The van der Waals surface area contributed by atoms with Gasteiger partial charge in [-0.1, -0.05) is 72.6 Å². The van der Waals surface area contributed by atoms with Crippen LogP contribution in [0.2, 0.25) is 0 Å². The van der Waals surface area contributed by atoms with Crippen molar-refractivity contribution in [3.8, 4) is 0 Å². The van der Waals surface area contributed by atoms with Crippen LogP contribution in [0, 0.1) is 11.8 Å². The van der Waals surface area contributed by atoms with Gasteiger partial charge in [0.05, 0.1) is 6.10 Å². The molecule has 20 heavy (non-hydrogen) atoms. The molecule has 0 aliphatic rings. The molecule has 4 heteroatoms. The molecule has 0 aromatic rings. The van der Waals surface area contributed by atoms with Gasteiger partial charge in [-0.3, -0.25) is 4.57 Å². The van der Waals surface area contributed by atoms with E-state index in [-0.39, 0.29) is 6.10 Å². The van der Waals surface area contributed by atoms with E-state index in [4.69, 9.17) is 4.52 Å². The molecule has 1 N–H and O–H groups in total. The first-order chi connectivity index (χ1) is 9.58. The lowest BCUT2D eigenvalue weighted by Crippen LogP contribution is -2.25. The smallest absolute Gasteiger partial charge is 0.316 e. The van der Waals surface area contributed by atoms with Gasteiger partial charge in [-0.2, -0.15) is 0 Å². The molecule has 0 bridgehead atoms. The third-order valence-corrected chi connectivity index (χ3v) is 4.84. The van der Waals surface area contributed by atoms with Crippen LogP contribution in [0.15, 0.2) is 0 Å². The number of hydrogen-bond acceptors (Lipinski definition) is 2. The van der Waals surface area contributed by atoms with Crippen molar-refractivity contribution in [2.45, 2.75) is 91.6 Å². The largest absolute Gasteiger partial charge is 0.326 e. The minimum atomic E-state index is -2.84. The monoisotopic (exact) mass is 306 g/mol. The summed E-state index contributed by atoms with van der Waals surface area (Å²) in [6, 6.07) is 0. The van der Waals surface area contributed by atoms with Crippen molar-refractivity contribution in [2.75, 3.05) is 0 Å². The molecular weight excluding hydrogens is 271 g/mol. The standard InChI is InChI=1S/C16H35O3P/c1-5-9-11-14(7-3)13-16(19-20(17)18)15(8-4)12-10-6-2/h14-16,20H,5-13H2,1-4H3,(H,17,18). The topological polar surface area (TPSA) is 46.5 Å². The minimum Gasteiger partial charge on any atom is -0.326 e. The molecule has 4 unspecified atom stereocenters. The van der Waals surface area contributed by atoms with Crippen LogP contribution in [0.5, 0.6) is 0 Å². The van der Waals surface area contributed by atoms with Gasteiger partial charge in [-0.05, 0) is 24.7 Å². The van der Waals surface area contributed by atoms with Crippen molar-refractivity contribution in [3.63, 3.8) is 0 Å². The molecular formula is C16H35O3P. The van der Waals surface area contributed by atoms with E-state index in [1.807, 2.05) is 0 Å². The average Bonchev–Trinajstić information content (AvgIpc) is 2.43. The summed E-state index contributed by atoms with van der Waals surface area (Å²) < 4.78 is 16.6. The minimum absolute atomic E-state index is 0.0373. The summed E-state index contributed by atoms with van der Waals surface area (Å²) in [6.07, 6.45) is 10.2. The Balaban J connectivity index is 4.60. The van der Waals surface area contributed by atoms with Crippen LogP contribution in [0.25, 0.3) is 0 Å². The van der Waals surface area contributed by atoms with Crippen molar-refractivity contribution in [1.29, 1.82) is 0 Å². The Hall–Kier alpha value is 0.150. The van der Waals surface area contributed by atoms with Gasteiger partial charge in [0.25, 0.3) is 0 Å². The Labute approximate surface area is 126 Å². The number of unbranched alkanes of at least 4 members (excludes halogenated alkanes) is 2. The van der Waals surface area contributed by atoms with E-state index in [1.165, 1.54) is 32.1 Å². The lowest BCUT2D eigenvalue weighted by Gasteiger charge is -2.28. The fraction of sp³-hybridized carbons (Fsp3) is 1.00. The third-order valence-electron chi connectivity index (χ3n) is 4.34. The molecule has 0 spiro atoms. The molecule has 0 aliphatic heterocycles. The normalized spacial score (nSPS) is 17.6. The fourth-order valence-corrected chi connectivity index (χ4v) is 3.44. The Morgan fingerprint density at radius 3 is 2.05 bits per heavy atom. The van der Waals surface area contributed by atoms with Gasteiger partial charge in [0.15, 0.2) is 0 Å². The number of hydrogen-bond donors (Lipinski definition) is 1. The zero-order valence-corrected chi connectivity index (χ0v) is 14.9. The van der Waals surface area contributed by atoms with E-state index in [0.29, 0.717) is 11.8 Å². The highest BCUT2D eigenvalue weighted by molar-refractivity contribution is 7.32. The second kappa shape index (κ2) is 12.9. The Bertz CT molecular complexity index is 246. The van der Waals surface area contributed by atoms with E-state index in [2.05, 4.69) is 27.7 Å². The predicted octanol–water partition coefficient (Wildman–Crippen LogP) is 5.58. The van der Waals surface area contributed by atoms with Crippen LogP contribution in [0.1, 0.15) is 85.5 Å². The van der Waals surface area contributed by atoms with E-state index >= 15 is 0 Å². The zero-order chi connectivity index (χ0) is 15.4. The summed E-state index contributed by atoms with van der Waals surface area (Å²) in [6.45, 7) is 8.78. The maximum absolute atomic E-state index is 11.2. The van der Waals surface area contributed by atoms with E-state index < -0.39 is 8.25 Å². The summed E-state index contributed by atoms with van der Waals surface area (Å²) in [7, 11) is -2.84. The Morgan fingerprint density at radius 1 is 1.00 bits per heavy atom. The zero-order valence-electron chi connectivity index (χ0n) is 13.9. The molecule has 4 atom stereocenters. The van der Waals surface area contributed by atoms with Crippen LogP contribution >= 0.6 is 8.25 Å². The summed E-state index contributed by atoms with van der Waals surface area (Å²) in [5.74, 6) is 1.05. The highest BCUT2D eigenvalue weighted by atomic mass is 31.1. The van der Waals surface area contributed by atoms with Gasteiger partial charge in [-0.25, -0.2) is 0 Å². The van der Waals surface area contributed by atoms with Crippen molar-refractivity contribution in [1.82, 2.24) is 0 Å². The van der Waals surface area contributed by atoms with Crippen LogP contribution in [0.4, 0.5) is 0 Å². The van der Waals surface area contributed by atoms with Gasteiger partial charge in [0, 0.05) is 0 Å². The second-order valence-corrected chi connectivity index (χ2v) is 6.65. The molecule has 0 amide bonds. The van der Waals surface area contributed by atoms with E-state index in [1.54, 1.807) is 0 Å². The van der Waals surface area contributed by atoms with Crippen LogP contribution < -0.4 is 0 Å². The second-order valence-electron chi connectivity index (χ2n) is 5.88. The van der Waals surface area contributed by atoms with E-state index in [0.717, 1.165) is 25.7 Å². The molecule has 0 aliphatic carbocycles. The van der Waals surface area contributed by atoms with Crippen LogP contribution in [-0.2, 0) is 9.09 Å². The molecule has 0 aromatic heterocycles. The highest BCUT2D eigenvalue weighted by Crippen LogP contribution is 2.33. The molecule has 122 valence electrons. The van der Waals surface area contributed by atoms with Crippen molar-refractivity contribution in [2.24, 2.45) is 11.8 Å². The maximum atomic E-state index is 11.2. The van der Waals surface area contributed by atoms with E-state index in [9.17, 15) is 9.46 Å². The van der Waals surface area contributed by atoms with Crippen molar-refractivity contribution < 1.29 is 14.0 Å². The lowest BCUT2D eigenvalue weighted by atomic mass is 9.85. The van der Waals surface area contributed by atoms with Crippen molar-refractivity contribution in [3.05, 3.63) is 0 Å². The average molecular weight is 306 g/mol. The van der Waals surface area contributed by atoms with Gasteiger partial charge in [-0.15, -0.1) is 0 Å². The Morgan fingerprint density at radius 2 is 1.60 bits per heavy atom. The molecule has 0 heterocycles. The summed E-state index contributed by atoms with van der Waals surface area (Å²) in [5, 5.41) is 0.